The fraction of sp³-hybridized carbons (Fsp3) is 0.158. The zero-order valence-corrected chi connectivity index (χ0v) is 16.6. The number of thioether (sulfide) groups is 1. The molecular formula is C19H17N5O5S. The van der Waals surface area contributed by atoms with Crippen LogP contribution in [-0.4, -0.2) is 40.5 Å². The molecule has 1 heterocycles. The number of amidine groups is 1. The predicted octanol–water partition coefficient (Wildman–Crippen LogP) is 2.32. The number of anilines is 1. The van der Waals surface area contributed by atoms with E-state index in [1.807, 2.05) is 0 Å². The highest BCUT2D eigenvalue weighted by atomic mass is 32.2. The summed E-state index contributed by atoms with van der Waals surface area (Å²) in [5.74, 6) is -0.117. The molecule has 1 fully saturated rings. The molecule has 30 heavy (non-hydrogen) atoms. The Morgan fingerprint density at radius 1 is 1.30 bits per heavy atom. The van der Waals surface area contributed by atoms with Gasteiger partial charge in [0.25, 0.3) is 5.69 Å². The molecule has 2 amide bonds. The zero-order chi connectivity index (χ0) is 21.7. The molecule has 0 saturated carbocycles. The maximum atomic E-state index is 12.6. The quantitative estimate of drug-likeness (QED) is 0.245. The summed E-state index contributed by atoms with van der Waals surface area (Å²) < 4.78 is 5.08. The Kier molecular flexibility index (Phi) is 6.42. The third kappa shape index (κ3) is 4.81. The van der Waals surface area contributed by atoms with Gasteiger partial charge in [-0.25, -0.2) is 4.90 Å². The first-order valence-electron chi connectivity index (χ1n) is 8.67. The van der Waals surface area contributed by atoms with E-state index < -0.39 is 16.1 Å². The molecule has 11 heteroatoms. The minimum Gasteiger partial charge on any atom is -0.497 e. The van der Waals surface area contributed by atoms with Crippen molar-refractivity contribution < 1.29 is 19.2 Å². The number of imide groups is 1. The summed E-state index contributed by atoms with van der Waals surface area (Å²) in [6, 6.07) is 12.4. The minimum atomic E-state index is -0.712. The van der Waals surface area contributed by atoms with Crippen molar-refractivity contribution in [3.05, 3.63) is 64.2 Å². The highest BCUT2D eigenvalue weighted by molar-refractivity contribution is 8.14. The number of methoxy groups -OCH3 is 1. The lowest BCUT2D eigenvalue weighted by Gasteiger charge is -2.15. The minimum absolute atomic E-state index is 0.000545. The van der Waals surface area contributed by atoms with Gasteiger partial charge in [0, 0.05) is 24.1 Å². The molecule has 1 aliphatic heterocycles. The Morgan fingerprint density at radius 3 is 2.70 bits per heavy atom. The van der Waals surface area contributed by atoms with Gasteiger partial charge in [0.05, 0.1) is 23.9 Å². The van der Waals surface area contributed by atoms with E-state index in [-0.39, 0.29) is 23.2 Å². The number of nitro benzene ring substituents is 1. The van der Waals surface area contributed by atoms with Crippen molar-refractivity contribution >= 4 is 46.3 Å². The standard InChI is InChI=1S/C19H17N5O5S/c1-29-15-7-5-13(6-8-15)23-17(25)10-16(18(23)26)30-19(20)22-21-11-12-3-2-4-14(9-12)24(27)28/h2-9,11,16H,10H2,1H3,(H2,20,22)/b21-11-/t16-/m0/s1. The maximum Gasteiger partial charge on any atom is 0.270 e. The van der Waals surface area contributed by atoms with Crippen LogP contribution in [0.25, 0.3) is 0 Å². The lowest BCUT2D eigenvalue weighted by molar-refractivity contribution is -0.384. The van der Waals surface area contributed by atoms with Crippen molar-refractivity contribution in [2.45, 2.75) is 11.7 Å². The Hall–Kier alpha value is -3.73. The second kappa shape index (κ2) is 9.18. The number of rotatable bonds is 6. The van der Waals surface area contributed by atoms with Crippen LogP contribution in [0, 0.1) is 10.1 Å². The fourth-order valence-electron chi connectivity index (χ4n) is 2.74. The molecule has 154 valence electrons. The van der Waals surface area contributed by atoms with Crippen molar-refractivity contribution in [3.8, 4) is 5.75 Å². The maximum absolute atomic E-state index is 12.6. The Balaban J connectivity index is 1.65. The van der Waals surface area contributed by atoms with Crippen LogP contribution in [0.2, 0.25) is 0 Å². The first kappa shape index (κ1) is 21.0. The topological polar surface area (TPSA) is 140 Å². The van der Waals surface area contributed by atoms with Gasteiger partial charge in [-0.1, -0.05) is 23.9 Å². The average molecular weight is 427 g/mol. The zero-order valence-electron chi connectivity index (χ0n) is 15.8. The van der Waals surface area contributed by atoms with E-state index in [1.165, 1.54) is 31.5 Å². The van der Waals surface area contributed by atoms with E-state index in [1.54, 1.807) is 30.3 Å². The highest BCUT2D eigenvalue weighted by Gasteiger charge is 2.40. The normalized spacial score (nSPS) is 17.0. The van der Waals surface area contributed by atoms with E-state index >= 15 is 0 Å². The summed E-state index contributed by atoms with van der Waals surface area (Å²) in [5, 5.41) is 17.7. The average Bonchev–Trinajstić information content (AvgIpc) is 3.01. The van der Waals surface area contributed by atoms with Crippen molar-refractivity contribution in [3.63, 3.8) is 0 Å². The van der Waals surface area contributed by atoms with E-state index in [2.05, 4.69) is 10.2 Å². The van der Waals surface area contributed by atoms with E-state index in [9.17, 15) is 19.7 Å². The first-order valence-corrected chi connectivity index (χ1v) is 9.55. The molecule has 0 aliphatic carbocycles. The fourth-order valence-corrected chi connectivity index (χ4v) is 3.56. The number of carbonyl (C=O) groups is 2. The van der Waals surface area contributed by atoms with Gasteiger partial charge >= 0.3 is 0 Å². The number of nitro groups is 1. The molecule has 1 atom stereocenters. The molecule has 0 aromatic heterocycles. The molecule has 10 nitrogen and oxygen atoms in total. The number of benzene rings is 2. The van der Waals surface area contributed by atoms with Gasteiger partial charge < -0.3 is 10.5 Å². The van der Waals surface area contributed by atoms with Gasteiger partial charge in [0.2, 0.25) is 11.8 Å². The largest absolute Gasteiger partial charge is 0.497 e. The number of ether oxygens (including phenoxy) is 1. The number of nitrogens with two attached hydrogens (primary N) is 1. The number of carbonyl (C=O) groups excluding carboxylic acids is 2. The van der Waals surface area contributed by atoms with Gasteiger partial charge in [-0.15, -0.1) is 5.10 Å². The summed E-state index contributed by atoms with van der Waals surface area (Å²) in [5.41, 5.74) is 6.67. The van der Waals surface area contributed by atoms with E-state index in [0.29, 0.717) is 17.0 Å². The number of nitrogens with zero attached hydrogens (tertiary/aromatic N) is 4. The summed E-state index contributed by atoms with van der Waals surface area (Å²) in [7, 11) is 1.53. The van der Waals surface area contributed by atoms with Crippen molar-refractivity contribution in [1.29, 1.82) is 0 Å². The second-order valence-electron chi connectivity index (χ2n) is 6.11. The Morgan fingerprint density at radius 2 is 2.03 bits per heavy atom. The van der Waals surface area contributed by atoms with Crippen LogP contribution >= 0.6 is 11.8 Å². The Bertz CT molecular complexity index is 1040. The van der Waals surface area contributed by atoms with Crippen LogP contribution in [0.4, 0.5) is 11.4 Å². The molecule has 2 N–H and O–H groups in total. The summed E-state index contributed by atoms with van der Waals surface area (Å²) >= 11 is 0.937. The number of amides is 2. The molecule has 0 bridgehead atoms. The van der Waals surface area contributed by atoms with Crippen LogP contribution in [0.5, 0.6) is 5.75 Å². The predicted molar refractivity (Wildman–Crippen MR) is 114 cm³/mol. The molecule has 1 aliphatic rings. The Labute approximate surface area is 175 Å². The lowest BCUT2D eigenvalue weighted by Crippen LogP contribution is -2.31. The summed E-state index contributed by atoms with van der Waals surface area (Å²) in [6.07, 6.45) is 1.30. The molecule has 3 rings (SSSR count). The van der Waals surface area contributed by atoms with Crippen LogP contribution in [0.1, 0.15) is 12.0 Å². The molecule has 2 aromatic carbocycles. The smallest absolute Gasteiger partial charge is 0.270 e. The molecule has 2 aromatic rings. The van der Waals surface area contributed by atoms with Crippen molar-refractivity contribution in [2.24, 2.45) is 15.9 Å². The second-order valence-corrected chi connectivity index (χ2v) is 7.33. The van der Waals surface area contributed by atoms with Crippen LogP contribution in [0.15, 0.2) is 58.7 Å². The van der Waals surface area contributed by atoms with Gasteiger partial charge in [0.1, 0.15) is 11.0 Å². The van der Waals surface area contributed by atoms with Gasteiger partial charge in [-0.3, -0.25) is 19.7 Å². The lowest BCUT2D eigenvalue weighted by atomic mass is 10.2. The number of hydrogen-bond donors (Lipinski definition) is 1. The van der Waals surface area contributed by atoms with Crippen LogP contribution < -0.4 is 15.4 Å². The number of hydrogen-bond acceptors (Lipinski definition) is 8. The van der Waals surface area contributed by atoms with Crippen molar-refractivity contribution in [2.75, 3.05) is 12.0 Å². The summed E-state index contributed by atoms with van der Waals surface area (Å²) in [6.45, 7) is 0. The van der Waals surface area contributed by atoms with Gasteiger partial charge in [-0.05, 0) is 24.3 Å². The van der Waals surface area contributed by atoms with Crippen LogP contribution in [0.3, 0.4) is 0 Å². The monoisotopic (exact) mass is 427 g/mol. The van der Waals surface area contributed by atoms with E-state index in [4.69, 9.17) is 10.5 Å². The molecule has 0 unspecified atom stereocenters. The first-order chi connectivity index (χ1) is 14.4. The molecular weight excluding hydrogens is 410 g/mol. The molecule has 0 spiro atoms. The molecule has 0 radical (unpaired) electrons. The van der Waals surface area contributed by atoms with Gasteiger partial charge in [-0.2, -0.15) is 5.10 Å². The van der Waals surface area contributed by atoms with Crippen molar-refractivity contribution in [1.82, 2.24) is 0 Å². The number of non-ortho nitro benzene ring substituents is 1. The van der Waals surface area contributed by atoms with Crippen LogP contribution in [-0.2, 0) is 9.59 Å². The summed E-state index contributed by atoms with van der Waals surface area (Å²) in [4.78, 5) is 36.3. The van der Waals surface area contributed by atoms with Gasteiger partial charge in [0.15, 0.2) is 5.17 Å². The SMILES string of the molecule is COc1ccc(N2C(=O)C[C@H](SC(N)=N/N=C\c3cccc([N+](=O)[O-])c3)C2=O)cc1. The molecule has 1 saturated heterocycles. The van der Waals surface area contributed by atoms with E-state index in [0.717, 1.165) is 16.7 Å². The highest BCUT2D eigenvalue weighted by Crippen LogP contribution is 2.30. The third-order valence-corrected chi connectivity index (χ3v) is 5.12. The third-order valence-electron chi connectivity index (χ3n) is 4.14.